The summed E-state index contributed by atoms with van der Waals surface area (Å²) in [6.45, 7) is 3.84. The average molecular weight is 412 g/mol. The van der Waals surface area contributed by atoms with Gasteiger partial charge in [-0.2, -0.15) is 0 Å². The van der Waals surface area contributed by atoms with Crippen LogP contribution < -0.4 is 5.32 Å². The van der Waals surface area contributed by atoms with Crippen LogP contribution in [-0.2, 0) is 0 Å². The molecule has 1 atom stereocenters. The van der Waals surface area contributed by atoms with Crippen LogP contribution >= 0.6 is 38.5 Å². The molecule has 0 spiro atoms. The number of carbonyl (C=O) groups excluding carboxylic acids is 1. The van der Waals surface area contributed by atoms with Gasteiger partial charge in [0.15, 0.2) is 0 Å². The van der Waals surface area contributed by atoms with Crippen molar-refractivity contribution in [3.05, 3.63) is 31.8 Å². The molecule has 0 saturated carbocycles. The number of halogens is 2. The van der Waals surface area contributed by atoms with Crippen LogP contribution in [0, 0.1) is 3.57 Å². The Balaban J connectivity index is 2.74. The molecule has 0 aliphatic heterocycles. The molecule has 2 N–H and O–H groups in total. The standard InChI is InChI=1S/C12H15BrINO2/c1-3-12(2,17)7-15-11(16)9-6-8(14)4-5-10(9)13/h4-6,17H,3,7H2,1-2H3,(H,15,16). The van der Waals surface area contributed by atoms with Gasteiger partial charge in [0, 0.05) is 14.6 Å². The molecular formula is C12H15BrINO2. The van der Waals surface area contributed by atoms with Crippen molar-refractivity contribution in [2.45, 2.75) is 25.9 Å². The van der Waals surface area contributed by atoms with Gasteiger partial charge in [0.05, 0.1) is 11.2 Å². The van der Waals surface area contributed by atoms with Gasteiger partial charge in [0.1, 0.15) is 0 Å². The summed E-state index contributed by atoms with van der Waals surface area (Å²) in [4.78, 5) is 11.9. The first-order chi connectivity index (χ1) is 7.85. The first kappa shape index (κ1) is 14.9. The molecule has 0 fully saturated rings. The molecule has 94 valence electrons. The summed E-state index contributed by atoms with van der Waals surface area (Å²) in [5.41, 5.74) is -0.270. The van der Waals surface area contributed by atoms with E-state index in [4.69, 9.17) is 0 Å². The highest BCUT2D eigenvalue weighted by Crippen LogP contribution is 2.19. The summed E-state index contributed by atoms with van der Waals surface area (Å²) in [6, 6.07) is 5.57. The number of nitrogens with one attached hydrogen (secondary N) is 1. The summed E-state index contributed by atoms with van der Waals surface area (Å²) in [5.74, 6) is -0.177. The normalized spacial score (nSPS) is 14.2. The molecule has 0 bridgehead atoms. The van der Waals surface area contributed by atoms with E-state index in [-0.39, 0.29) is 12.5 Å². The number of amides is 1. The zero-order valence-electron chi connectivity index (χ0n) is 9.76. The smallest absolute Gasteiger partial charge is 0.252 e. The molecule has 1 aromatic rings. The summed E-state index contributed by atoms with van der Waals surface area (Å²) >= 11 is 5.50. The molecule has 3 nitrogen and oxygen atoms in total. The Morgan fingerprint density at radius 1 is 1.59 bits per heavy atom. The van der Waals surface area contributed by atoms with Crippen molar-refractivity contribution >= 4 is 44.4 Å². The van der Waals surface area contributed by atoms with Gasteiger partial charge in [-0.15, -0.1) is 0 Å². The lowest BCUT2D eigenvalue weighted by atomic mass is 10.0. The van der Waals surface area contributed by atoms with Crippen molar-refractivity contribution < 1.29 is 9.90 Å². The zero-order chi connectivity index (χ0) is 13.1. The monoisotopic (exact) mass is 411 g/mol. The van der Waals surface area contributed by atoms with E-state index in [2.05, 4.69) is 43.8 Å². The second kappa shape index (κ2) is 6.15. The fourth-order valence-electron chi connectivity index (χ4n) is 1.16. The molecule has 0 heterocycles. The quantitative estimate of drug-likeness (QED) is 0.748. The van der Waals surface area contributed by atoms with Crippen molar-refractivity contribution in [2.75, 3.05) is 6.54 Å². The highest BCUT2D eigenvalue weighted by Gasteiger charge is 2.19. The van der Waals surface area contributed by atoms with E-state index in [1.54, 1.807) is 13.0 Å². The average Bonchev–Trinajstić information content (AvgIpc) is 2.29. The van der Waals surface area contributed by atoms with Gasteiger partial charge in [-0.25, -0.2) is 0 Å². The predicted molar refractivity (Wildman–Crippen MR) is 80.1 cm³/mol. The molecule has 1 aromatic carbocycles. The predicted octanol–water partition coefficient (Wildman–Crippen LogP) is 2.94. The van der Waals surface area contributed by atoms with Gasteiger partial charge in [-0.05, 0) is 70.1 Å². The molecule has 1 amide bonds. The molecule has 0 saturated heterocycles. The lowest BCUT2D eigenvalue weighted by Crippen LogP contribution is -2.40. The number of rotatable bonds is 4. The van der Waals surface area contributed by atoms with Gasteiger partial charge in [0.2, 0.25) is 0 Å². The molecule has 1 unspecified atom stereocenters. The minimum Gasteiger partial charge on any atom is -0.388 e. The van der Waals surface area contributed by atoms with Crippen LogP contribution in [0.2, 0.25) is 0 Å². The fourth-order valence-corrected chi connectivity index (χ4v) is 2.08. The first-order valence-corrected chi connectivity index (χ1v) is 7.18. The van der Waals surface area contributed by atoms with Crippen molar-refractivity contribution in [3.63, 3.8) is 0 Å². The lowest BCUT2D eigenvalue weighted by Gasteiger charge is -2.21. The van der Waals surface area contributed by atoms with Crippen LogP contribution in [0.15, 0.2) is 22.7 Å². The Morgan fingerprint density at radius 3 is 2.82 bits per heavy atom. The van der Waals surface area contributed by atoms with E-state index in [0.717, 1.165) is 8.04 Å². The van der Waals surface area contributed by atoms with Crippen molar-refractivity contribution in [2.24, 2.45) is 0 Å². The maximum Gasteiger partial charge on any atom is 0.252 e. The van der Waals surface area contributed by atoms with Crippen LogP contribution in [0.4, 0.5) is 0 Å². The highest BCUT2D eigenvalue weighted by molar-refractivity contribution is 14.1. The maximum atomic E-state index is 11.9. The third-order valence-corrected chi connectivity index (χ3v) is 3.93. The molecule has 0 radical (unpaired) electrons. The lowest BCUT2D eigenvalue weighted by molar-refractivity contribution is 0.0518. The molecule has 0 aromatic heterocycles. The topological polar surface area (TPSA) is 49.3 Å². The molecular weight excluding hydrogens is 397 g/mol. The SMILES string of the molecule is CCC(C)(O)CNC(=O)c1cc(I)ccc1Br. The number of benzene rings is 1. The summed E-state index contributed by atoms with van der Waals surface area (Å²) in [6.07, 6.45) is 0.598. The summed E-state index contributed by atoms with van der Waals surface area (Å²) in [7, 11) is 0. The van der Waals surface area contributed by atoms with Crippen LogP contribution in [0.3, 0.4) is 0 Å². The van der Waals surface area contributed by atoms with Gasteiger partial charge in [0.25, 0.3) is 5.91 Å². The first-order valence-electron chi connectivity index (χ1n) is 5.31. The van der Waals surface area contributed by atoms with Crippen molar-refractivity contribution in [1.29, 1.82) is 0 Å². The van der Waals surface area contributed by atoms with Crippen molar-refractivity contribution in [1.82, 2.24) is 5.32 Å². The largest absolute Gasteiger partial charge is 0.388 e. The number of hydrogen-bond acceptors (Lipinski definition) is 2. The molecule has 0 aliphatic carbocycles. The molecule has 5 heteroatoms. The Labute approximate surface area is 123 Å². The van der Waals surface area contributed by atoms with Gasteiger partial charge < -0.3 is 10.4 Å². The fraction of sp³-hybridized carbons (Fsp3) is 0.417. The third-order valence-electron chi connectivity index (χ3n) is 2.56. The van der Waals surface area contributed by atoms with E-state index in [1.165, 1.54) is 0 Å². The van der Waals surface area contributed by atoms with Crippen molar-refractivity contribution in [3.8, 4) is 0 Å². The maximum absolute atomic E-state index is 11.9. The van der Waals surface area contributed by atoms with E-state index < -0.39 is 5.60 Å². The van der Waals surface area contributed by atoms with Gasteiger partial charge in [-0.1, -0.05) is 6.92 Å². The van der Waals surface area contributed by atoms with E-state index >= 15 is 0 Å². The molecule has 17 heavy (non-hydrogen) atoms. The van der Waals surface area contributed by atoms with E-state index in [0.29, 0.717) is 12.0 Å². The van der Waals surface area contributed by atoms with Crippen LogP contribution in [0.25, 0.3) is 0 Å². The Kier molecular flexibility index (Phi) is 5.40. The van der Waals surface area contributed by atoms with E-state index in [9.17, 15) is 9.90 Å². The zero-order valence-corrected chi connectivity index (χ0v) is 13.5. The van der Waals surface area contributed by atoms with Crippen LogP contribution in [0.1, 0.15) is 30.6 Å². The Hall–Kier alpha value is -0.140. The number of aliphatic hydroxyl groups is 1. The summed E-state index contributed by atoms with van der Waals surface area (Å²) < 4.78 is 1.75. The van der Waals surface area contributed by atoms with Crippen LogP contribution in [0.5, 0.6) is 0 Å². The Bertz CT molecular complexity index is 421. The third kappa shape index (κ3) is 4.56. The second-order valence-corrected chi connectivity index (χ2v) is 6.26. The number of carbonyl (C=O) groups is 1. The minimum absolute atomic E-state index is 0.177. The Morgan fingerprint density at radius 2 is 2.24 bits per heavy atom. The molecule has 0 aliphatic rings. The second-order valence-electron chi connectivity index (χ2n) is 4.16. The van der Waals surface area contributed by atoms with Gasteiger partial charge >= 0.3 is 0 Å². The summed E-state index contributed by atoms with van der Waals surface area (Å²) in [5, 5.41) is 12.6. The van der Waals surface area contributed by atoms with E-state index in [1.807, 2.05) is 19.1 Å². The number of hydrogen-bond donors (Lipinski definition) is 2. The molecule has 1 rings (SSSR count). The van der Waals surface area contributed by atoms with Crippen LogP contribution in [-0.4, -0.2) is 23.2 Å². The highest BCUT2D eigenvalue weighted by atomic mass is 127. The minimum atomic E-state index is -0.857. The van der Waals surface area contributed by atoms with Gasteiger partial charge in [-0.3, -0.25) is 4.79 Å².